The molecule has 1 aliphatic rings. The van der Waals surface area contributed by atoms with Crippen LogP contribution in [0, 0.1) is 0 Å². The Bertz CT molecular complexity index is 794. The zero-order valence-corrected chi connectivity index (χ0v) is 13.1. The van der Waals surface area contributed by atoms with E-state index in [9.17, 15) is 9.59 Å². The summed E-state index contributed by atoms with van der Waals surface area (Å²) in [5.74, 6) is -2.14. The fourth-order valence-corrected chi connectivity index (χ4v) is 2.13. The van der Waals surface area contributed by atoms with Crippen molar-refractivity contribution in [1.82, 2.24) is 9.97 Å². The maximum atomic E-state index is 11.9. The number of nitrogens with zero attached hydrogens (tertiary/aromatic N) is 2. The van der Waals surface area contributed by atoms with E-state index in [2.05, 4.69) is 15.3 Å². The average Bonchev–Trinajstić information content (AvgIpc) is 2.54. The minimum absolute atomic E-state index is 0.198. The second-order valence-electron chi connectivity index (χ2n) is 5.53. The highest BCUT2D eigenvalue weighted by Gasteiger charge is 2.38. The Kier molecular flexibility index (Phi) is 3.99. The molecule has 2 aromatic rings. The largest absolute Gasteiger partial charge is 0.419 e. The van der Waals surface area contributed by atoms with Crippen LogP contribution in [0.25, 0.3) is 11.4 Å². The summed E-state index contributed by atoms with van der Waals surface area (Å²) in [7, 11) is 0. The van der Waals surface area contributed by atoms with E-state index in [1.807, 2.05) is 12.1 Å². The number of hydrogen-bond donors (Lipinski definition) is 1. The van der Waals surface area contributed by atoms with Crippen LogP contribution in [0.5, 0.6) is 0 Å². The monoisotopic (exact) mass is 325 g/mol. The van der Waals surface area contributed by atoms with Crippen LogP contribution in [0.3, 0.4) is 0 Å². The van der Waals surface area contributed by atoms with E-state index in [-0.39, 0.29) is 5.57 Å². The second-order valence-corrected chi connectivity index (χ2v) is 5.53. The van der Waals surface area contributed by atoms with Gasteiger partial charge in [-0.25, -0.2) is 19.6 Å². The lowest BCUT2D eigenvalue weighted by molar-refractivity contribution is -0.222. The van der Waals surface area contributed by atoms with Gasteiger partial charge >= 0.3 is 11.9 Å². The molecular weight excluding hydrogens is 310 g/mol. The van der Waals surface area contributed by atoms with Crippen LogP contribution in [-0.2, 0) is 19.1 Å². The van der Waals surface area contributed by atoms with E-state index >= 15 is 0 Å². The molecule has 0 bridgehead atoms. The van der Waals surface area contributed by atoms with E-state index in [1.54, 1.807) is 30.6 Å². The molecule has 7 heteroatoms. The molecule has 2 heterocycles. The van der Waals surface area contributed by atoms with Crippen molar-refractivity contribution in [2.24, 2.45) is 0 Å². The van der Waals surface area contributed by atoms with Crippen molar-refractivity contribution >= 4 is 17.6 Å². The molecule has 1 fully saturated rings. The van der Waals surface area contributed by atoms with Gasteiger partial charge in [0, 0.05) is 43.7 Å². The van der Waals surface area contributed by atoms with Gasteiger partial charge in [-0.2, -0.15) is 0 Å². The van der Waals surface area contributed by atoms with Crippen LogP contribution in [0.4, 0.5) is 5.69 Å². The molecule has 0 amide bonds. The van der Waals surface area contributed by atoms with Crippen LogP contribution < -0.4 is 5.32 Å². The maximum Gasteiger partial charge on any atom is 0.350 e. The molecule has 1 aliphatic heterocycles. The highest BCUT2D eigenvalue weighted by Crippen LogP contribution is 2.23. The molecule has 24 heavy (non-hydrogen) atoms. The Hall–Kier alpha value is -3.22. The zero-order chi connectivity index (χ0) is 17.2. The van der Waals surface area contributed by atoms with Gasteiger partial charge in [-0.1, -0.05) is 12.1 Å². The van der Waals surface area contributed by atoms with E-state index in [4.69, 9.17) is 9.47 Å². The topological polar surface area (TPSA) is 90.4 Å². The van der Waals surface area contributed by atoms with Crippen molar-refractivity contribution in [1.29, 1.82) is 0 Å². The molecule has 1 aromatic carbocycles. The third-order valence-corrected chi connectivity index (χ3v) is 3.19. The minimum Gasteiger partial charge on any atom is -0.419 e. The Morgan fingerprint density at radius 3 is 2.38 bits per heavy atom. The smallest absolute Gasteiger partial charge is 0.350 e. The predicted molar refractivity (Wildman–Crippen MR) is 85.4 cm³/mol. The number of esters is 2. The summed E-state index contributed by atoms with van der Waals surface area (Å²) < 4.78 is 10.1. The fraction of sp³-hybridized carbons (Fsp3) is 0.176. The number of nitrogens with one attached hydrogen (secondary N) is 1. The van der Waals surface area contributed by atoms with Crippen LogP contribution in [-0.4, -0.2) is 27.7 Å². The lowest BCUT2D eigenvalue weighted by Crippen LogP contribution is -2.42. The van der Waals surface area contributed by atoms with Crippen molar-refractivity contribution in [3.8, 4) is 11.4 Å². The molecule has 0 radical (unpaired) electrons. The van der Waals surface area contributed by atoms with Gasteiger partial charge in [0.15, 0.2) is 11.4 Å². The van der Waals surface area contributed by atoms with E-state index in [0.717, 1.165) is 5.56 Å². The Morgan fingerprint density at radius 2 is 1.71 bits per heavy atom. The van der Waals surface area contributed by atoms with Gasteiger partial charge in [0.1, 0.15) is 0 Å². The third-order valence-electron chi connectivity index (χ3n) is 3.19. The van der Waals surface area contributed by atoms with Crippen LogP contribution in [0.2, 0.25) is 0 Å². The van der Waals surface area contributed by atoms with Crippen molar-refractivity contribution < 1.29 is 19.1 Å². The molecule has 7 nitrogen and oxygen atoms in total. The van der Waals surface area contributed by atoms with Crippen LogP contribution >= 0.6 is 0 Å². The lowest BCUT2D eigenvalue weighted by atomic mass is 10.2. The minimum atomic E-state index is -1.25. The Balaban J connectivity index is 1.80. The second kappa shape index (κ2) is 6.11. The standard InChI is InChI=1S/C17H15N3O4/c1-17(2)23-15(21)13(16(22)24-17)10-20-12-6-3-5-11(9-12)14-18-7-4-8-19-14/h3-10,20H,1-2H3. The quantitative estimate of drug-likeness (QED) is 0.526. The van der Waals surface area contributed by atoms with E-state index in [0.29, 0.717) is 11.5 Å². The summed E-state index contributed by atoms with van der Waals surface area (Å²) in [6.45, 7) is 2.99. The van der Waals surface area contributed by atoms with Gasteiger partial charge < -0.3 is 14.8 Å². The first-order valence-corrected chi connectivity index (χ1v) is 7.25. The summed E-state index contributed by atoms with van der Waals surface area (Å²) in [6.07, 6.45) is 4.57. The molecule has 1 aromatic heterocycles. The molecule has 0 aliphatic carbocycles. The number of rotatable bonds is 3. The van der Waals surface area contributed by atoms with Crippen molar-refractivity contribution in [3.05, 3.63) is 54.5 Å². The van der Waals surface area contributed by atoms with Gasteiger partial charge in [0.2, 0.25) is 0 Å². The molecule has 0 saturated carbocycles. The summed E-state index contributed by atoms with van der Waals surface area (Å²) >= 11 is 0. The number of anilines is 1. The highest BCUT2D eigenvalue weighted by atomic mass is 16.7. The maximum absolute atomic E-state index is 11.9. The van der Waals surface area contributed by atoms with E-state index in [1.165, 1.54) is 20.0 Å². The lowest BCUT2D eigenvalue weighted by Gasteiger charge is -2.29. The third kappa shape index (κ3) is 3.40. The van der Waals surface area contributed by atoms with Crippen molar-refractivity contribution in [2.75, 3.05) is 5.32 Å². The summed E-state index contributed by atoms with van der Waals surface area (Å²) in [5, 5.41) is 2.89. The Labute approximate surface area is 138 Å². The summed E-state index contributed by atoms with van der Waals surface area (Å²) in [6, 6.07) is 8.99. The molecule has 122 valence electrons. The summed E-state index contributed by atoms with van der Waals surface area (Å²) in [4.78, 5) is 32.1. The first-order chi connectivity index (χ1) is 11.4. The first kappa shape index (κ1) is 15.7. The molecule has 0 atom stereocenters. The molecular formula is C17H15N3O4. The van der Waals surface area contributed by atoms with Gasteiger partial charge in [0.25, 0.3) is 5.79 Å². The van der Waals surface area contributed by atoms with Gasteiger partial charge in [-0.05, 0) is 18.2 Å². The Morgan fingerprint density at radius 1 is 1.04 bits per heavy atom. The molecule has 1 N–H and O–H groups in total. The number of hydrogen-bond acceptors (Lipinski definition) is 7. The molecule has 0 unspecified atom stereocenters. The number of carbonyl (C=O) groups is 2. The predicted octanol–water partition coefficient (Wildman–Crippen LogP) is 2.28. The number of carbonyl (C=O) groups excluding carboxylic acids is 2. The van der Waals surface area contributed by atoms with Gasteiger partial charge in [0.05, 0.1) is 0 Å². The molecule has 0 spiro atoms. The first-order valence-electron chi connectivity index (χ1n) is 7.25. The fourth-order valence-electron chi connectivity index (χ4n) is 2.13. The number of benzene rings is 1. The summed E-state index contributed by atoms with van der Waals surface area (Å²) in [5.41, 5.74) is 1.27. The average molecular weight is 325 g/mol. The number of ether oxygens (including phenoxy) is 2. The molecule has 1 saturated heterocycles. The van der Waals surface area contributed by atoms with Crippen LogP contribution in [0.15, 0.2) is 54.5 Å². The van der Waals surface area contributed by atoms with Gasteiger partial charge in [-0.3, -0.25) is 0 Å². The number of aromatic nitrogens is 2. The normalized spacial score (nSPS) is 16.2. The van der Waals surface area contributed by atoms with Crippen molar-refractivity contribution in [3.63, 3.8) is 0 Å². The van der Waals surface area contributed by atoms with E-state index < -0.39 is 17.7 Å². The molecule has 3 rings (SSSR count). The zero-order valence-electron chi connectivity index (χ0n) is 13.1. The van der Waals surface area contributed by atoms with Crippen LogP contribution in [0.1, 0.15) is 13.8 Å². The van der Waals surface area contributed by atoms with Gasteiger partial charge in [-0.15, -0.1) is 0 Å². The number of cyclic esters (lactones) is 2. The van der Waals surface area contributed by atoms with Crippen molar-refractivity contribution in [2.45, 2.75) is 19.6 Å². The SMILES string of the molecule is CC1(C)OC(=O)C(=CNc2cccc(-c3ncccn3)c2)C(=O)O1. The highest BCUT2D eigenvalue weighted by molar-refractivity contribution is 6.15.